The van der Waals surface area contributed by atoms with Gasteiger partial charge in [-0.25, -0.2) is 0 Å². The summed E-state index contributed by atoms with van der Waals surface area (Å²) in [5.41, 5.74) is 6.85. The van der Waals surface area contributed by atoms with Crippen LogP contribution in [-0.2, 0) is 23.9 Å². The molecular formula is C24H35NO6. The molecule has 172 valence electrons. The summed E-state index contributed by atoms with van der Waals surface area (Å²) in [5, 5.41) is 9.92. The molecule has 6 atom stereocenters. The first-order chi connectivity index (χ1) is 14.5. The first-order valence-electron chi connectivity index (χ1n) is 11.0. The summed E-state index contributed by atoms with van der Waals surface area (Å²) in [6.45, 7) is 9.36. The Bertz CT molecular complexity index is 796. The highest BCUT2D eigenvalue weighted by atomic mass is 16.7. The maximum atomic E-state index is 12.7. The van der Waals surface area contributed by atoms with Crippen molar-refractivity contribution in [2.75, 3.05) is 0 Å². The van der Waals surface area contributed by atoms with Crippen molar-refractivity contribution in [3.8, 4) is 0 Å². The zero-order valence-electron chi connectivity index (χ0n) is 19.1. The van der Waals surface area contributed by atoms with Gasteiger partial charge in [0.25, 0.3) is 0 Å². The molecule has 0 radical (unpaired) electrons. The second-order valence-corrected chi connectivity index (χ2v) is 8.70. The standard InChI is InChI=1S/C24H35NO6/c1-6-20(27)14(3)9-13(2)10-15(4)24(18-11-17(26)12-19(25)23(18)29)31-22-8-7-21(28)16(5)30-22/h10-12,14-16,21-22,24,28H,6-9,25H2,1-5H3/b13-10+/t14-,15+,16+,21+,22+,24-/m0/s1. The van der Waals surface area contributed by atoms with E-state index in [-0.39, 0.29) is 34.7 Å². The third kappa shape index (κ3) is 6.69. The molecule has 1 fully saturated rings. The molecule has 2 rings (SSSR count). The van der Waals surface area contributed by atoms with Crippen LogP contribution in [0.3, 0.4) is 0 Å². The van der Waals surface area contributed by atoms with E-state index in [1.807, 2.05) is 33.8 Å². The van der Waals surface area contributed by atoms with Crippen LogP contribution in [-0.4, -0.2) is 47.1 Å². The van der Waals surface area contributed by atoms with Gasteiger partial charge in [0, 0.05) is 36.3 Å². The number of ketones is 3. The number of nitrogens with two attached hydrogens (primary N) is 1. The van der Waals surface area contributed by atoms with Gasteiger partial charge in [-0.15, -0.1) is 0 Å². The lowest BCUT2D eigenvalue weighted by atomic mass is 9.87. The van der Waals surface area contributed by atoms with E-state index in [0.29, 0.717) is 25.7 Å². The summed E-state index contributed by atoms with van der Waals surface area (Å²) >= 11 is 0. The molecule has 1 heterocycles. The van der Waals surface area contributed by atoms with Crippen LogP contribution in [0.5, 0.6) is 0 Å². The van der Waals surface area contributed by atoms with Gasteiger partial charge in [0.15, 0.2) is 12.1 Å². The van der Waals surface area contributed by atoms with E-state index in [0.717, 1.165) is 11.6 Å². The number of hydrogen-bond acceptors (Lipinski definition) is 7. The Kier molecular flexibility index (Phi) is 8.91. The summed E-state index contributed by atoms with van der Waals surface area (Å²) in [6.07, 6.45) is 4.14. The molecule has 0 aromatic heterocycles. The molecule has 1 aliphatic carbocycles. The first kappa shape index (κ1) is 25.2. The van der Waals surface area contributed by atoms with Gasteiger partial charge in [-0.3, -0.25) is 14.4 Å². The SMILES string of the molecule is CCC(=O)[C@@H](C)C/C(C)=C/[C@@H](C)[C@H](O[C@@H]1CC[C@@H](O)[C@@H](C)O1)C1=CC(=O)C=C(N)C1=O. The number of allylic oxidation sites excluding steroid dienone is 4. The van der Waals surface area contributed by atoms with E-state index in [2.05, 4.69) is 0 Å². The Morgan fingerprint density at radius 3 is 2.61 bits per heavy atom. The number of rotatable bonds is 9. The molecule has 31 heavy (non-hydrogen) atoms. The fourth-order valence-corrected chi connectivity index (χ4v) is 4.09. The number of carbonyl (C=O) groups is 3. The van der Waals surface area contributed by atoms with Crippen LogP contribution < -0.4 is 5.73 Å². The maximum absolute atomic E-state index is 12.7. The molecule has 0 aromatic carbocycles. The van der Waals surface area contributed by atoms with E-state index >= 15 is 0 Å². The highest BCUT2D eigenvalue weighted by molar-refractivity contribution is 6.20. The molecule has 0 saturated carbocycles. The van der Waals surface area contributed by atoms with Gasteiger partial charge in [0.05, 0.1) is 24.0 Å². The molecule has 7 heteroatoms. The predicted molar refractivity (Wildman–Crippen MR) is 117 cm³/mol. The monoisotopic (exact) mass is 433 g/mol. The lowest BCUT2D eigenvalue weighted by Gasteiger charge is -2.36. The minimum Gasteiger partial charge on any atom is -0.395 e. The van der Waals surface area contributed by atoms with Crippen LogP contribution >= 0.6 is 0 Å². The number of aliphatic hydroxyl groups excluding tert-OH is 1. The number of Topliss-reactive ketones (excluding diaryl/α,β-unsaturated/α-hetero) is 2. The zero-order valence-corrected chi connectivity index (χ0v) is 19.1. The summed E-state index contributed by atoms with van der Waals surface area (Å²) in [5.74, 6) is -0.953. The number of carbonyl (C=O) groups excluding carboxylic acids is 3. The largest absolute Gasteiger partial charge is 0.395 e. The lowest BCUT2D eigenvalue weighted by molar-refractivity contribution is -0.233. The average molecular weight is 434 g/mol. The van der Waals surface area contributed by atoms with Crippen molar-refractivity contribution in [3.63, 3.8) is 0 Å². The fourth-order valence-electron chi connectivity index (χ4n) is 4.09. The van der Waals surface area contributed by atoms with Crippen LogP contribution in [0.4, 0.5) is 0 Å². The number of aliphatic hydroxyl groups is 1. The van der Waals surface area contributed by atoms with Crippen molar-refractivity contribution >= 4 is 17.3 Å². The van der Waals surface area contributed by atoms with Crippen molar-refractivity contribution in [2.45, 2.75) is 84.9 Å². The van der Waals surface area contributed by atoms with Gasteiger partial charge < -0.3 is 20.3 Å². The Morgan fingerprint density at radius 2 is 2.00 bits per heavy atom. The Hall–Kier alpha value is -2.09. The third-order valence-corrected chi connectivity index (χ3v) is 5.88. The van der Waals surface area contributed by atoms with E-state index < -0.39 is 30.4 Å². The molecular weight excluding hydrogens is 398 g/mol. The van der Waals surface area contributed by atoms with Crippen molar-refractivity contribution < 1.29 is 29.0 Å². The normalized spacial score (nSPS) is 27.9. The van der Waals surface area contributed by atoms with Crippen LogP contribution in [0.1, 0.15) is 60.3 Å². The summed E-state index contributed by atoms with van der Waals surface area (Å²) in [6, 6.07) is 0. The van der Waals surface area contributed by atoms with Gasteiger partial charge in [-0.2, -0.15) is 0 Å². The fraction of sp³-hybridized carbons (Fsp3) is 0.625. The molecule has 1 saturated heterocycles. The van der Waals surface area contributed by atoms with Gasteiger partial charge in [-0.1, -0.05) is 32.4 Å². The Labute approximate surface area is 184 Å². The maximum Gasteiger partial charge on any atom is 0.207 e. The number of ether oxygens (including phenoxy) is 2. The highest BCUT2D eigenvalue weighted by Crippen LogP contribution is 2.30. The molecule has 2 aliphatic rings. The van der Waals surface area contributed by atoms with Gasteiger partial charge in [0.1, 0.15) is 5.78 Å². The molecule has 0 aromatic rings. The zero-order chi connectivity index (χ0) is 23.3. The third-order valence-electron chi connectivity index (χ3n) is 5.88. The molecule has 7 nitrogen and oxygen atoms in total. The van der Waals surface area contributed by atoms with E-state index in [1.54, 1.807) is 6.92 Å². The summed E-state index contributed by atoms with van der Waals surface area (Å²) in [7, 11) is 0. The molecule has 0 spiro atoms. The van der Waals surface area contributed by atoms with Gasteiger partial charge in [0.2, 0.25) is 5.78 Å². The van der Waals surface area contributed by atoms with Crippen molar-refractivity contribution in [1.29, 1.82) is 0 Å². The van der Waals surface area contributed by atoms with Crippen LogP contribution in [0.2, 0.25) is 0 Å². The van der Waals surface area contributed by atoms with Crippen molar-refractivity contribution in [1.82, 2.24) is 0 Å². The van der Waals surface area contributed by atoms with Gasteiger partial charge in [-0.05, 0) is 32.8 Å². The Balaban J connectivity index is 2.26. The predicted octanol–water partition coefficient (Wildman–Crippen LogP) is 2.77. The van der Waals surface area contributed by atoms with Crippen LogP contribution in [0.25, 0.3) is 0 Å². The second-order valence-electron chi connectivity index (χ2n) is 8.70. The van der Waals surface area contributed by atoms with Gasteiger partial charge >= 0.3 is 0 Å². The minimum atomic E-state index is -0.747. The molecule has 3 N–H and O–H groups in total. The molecule has 0 amide bonds. The summed E-state index contributed by atoms with van der Waals surface area (Å²) < 4.78 is 12.0. The number of hydrogen-bond donors (Lipinski definition) is 2. The summed E-state index contributed by atoms with van der Waals surface area (Å²) in [4.78, 5) is 36.7. The second kappa shape index (κ2) is 11.0. The minimum absolute atomic E-state index is 0.0903. The first-order valence-corrected chi connectivity index (χ1v) is 11.0. The van der Waals surface area contributed by atoms with E-state index in [1.165, 1.54) is 6.08 Å². The van der Waals surface area contributed by atoms with Crippen LogP contribution in [0.15, 0.2) is 35.1 Å². The average Bonchev–Trinajstić information content (AvgIpc) is 2.70. The highest BCUT2D eigenvalue weighted by Gasteiger charge is 2.35. The van der Waals surface area contributed by atoms with E-state index in [9.17, 15) is 19.5 Å². The lowest BCUT2D eigenvalue weighted by Crippen LogP contribution is -2.42. The quantitative estimate of drug-likeness (QED) is 0.424. The Morgan fingerprint density at radius 1 is 1.32 bits per heavy atom. The van der Waals surface area contributed by atoms with E-state index in [4.69, 9.17) is 15.2 Å². The topological polar surface area (TPSA) is 116 Å². The van der Waals surface area contributed by atoms with Crippen LogP contribution in [0, 0.1) is 11.8 Å². The smallest absolute Gasteiger partial charge is 0.207 e. The van der Waals surface area contributed by atoms with Crippen molar-refractivity contribution in [3.05, 3.63) is 35.1 Å². The molecule has 0 bridgehead atoms. The molecule has 0 unspecified atom stereocenters. The van der Waals surface area contributed by atoms with Crippen molar-refractivity contribution in [2.24, 2.45) is 17.6 Å². The molecule has 1 aliphatic heterocycles.